The molecule has 1 fully saturated rings. The van der Waals surface area contributed by atoms with E-state index in [4.69, 9.17) is 10.5 Å². The molecule has 0 bridgehead atoms. The molecule has 2 N–H and O–H groups in total. The molecule has 2 rings (SSSR count). The number of aromatic nitrogens is 1. The number of hydrogen-bond donors (Lipinski definition) is 1. The number of hydrogen-bond acceptors (Lipinski definition) is 6. The molecule has 5 nitrogen and oxygen atoms in total. The minimum absolute atomic E-state index is 0.142. The zero-order chi connectivity index (χ0) is 12.3. The first-order chi connectivity index (χ1) is 8.16. The lowest BCUT2D eigenvalue weighted by Crippen LogP contribution is -2.37. The molecule has 0 amide bonds. The SMILES string of the molecule is Cc1nc(N)sc1C(=O)CCN1CCOCC1. The number of carbonyl (C=O) groups is 1. The van der Waals surface area contributed by atoms with E-state index in [2.05, 4.69) is 9.88 Å². The van der Waals surface area contributed by atoms with Crippen molar-refractivity contribution >= 4 is 22.3 Å². The molecule has 1 aromatic rings. The maximum Gasteiger partial charge on any atom is 0.180 e. The number of thiazole rings is 1. The van der Waals surface area contributed by atoms with Gasteiger partial charge >= 0.3 is 0 Å². The van der Waals surface area contributed by atoms with Gasteiger partial charge in [0, 0.05) is 26.1 Å². The van der Waals surface area contributed by atoms with Crippen LogP contribution in [0.3, 0.4) is 0 Å². The molecule has 0 atom stereocenters. The Balaban J connectivity index is 1.86. The zero-order valence-corrected chi connectivity index (χ0v) is 10.8. The van der Waals surface area contributed by atoms with E-state index >= 15 is 0 Å². The Morgan fingerprint density at radius 1 is 1.53 bits per heavy atom. The number of carbonyl (C=O) groups excluding carboxylic acids is 1. The van der Waals surface area contributed by atoms with Crippen molar-refractivity contribution in [2.75, 3.05) is 38.6 Å². The van der Waals surface area contributed by atoms with Crippen molar-refractivity contribution in [2.45, 2.75) is 13.3 Å². The molecule has 1 aliphatic heterocycles. The number of aryl methyl sites for hydroxylation is 1. The van der Waals surface area contributed by atoms with E-state index in [9.17, 15) is 4.79 Å². The van der Waals surface area contributed by atoms with Gasteiger partial charge in [0.1, 0.15) is 0 Å². The van der Waals surface area contributed by atoms with Crippen molar-refractivity contribution in [3.05, 3.63) is 10.6 Å². The molecule has 0 unspecified atom stereocenters. The summed E-state index contributed by atoms with van der Waals surface area (Å²) in [5, 5.41) is 0.470. The molecule has 0 aromatic carbocycles. The van der Waals surface area contributed by atoms with E-state index in [1.807, 2.05) is 6.92 Å². The van der Waals surface area contributed by atoms with Crippen LogP contribution in [-0.2, 0) is 4.74 Å². The number of morpholine rings is 1. The second kappa shape index (κ2) is 5.57. The van der Waals surface area contributed by atoms with Crippen LogP contribution in [0.15, 0.2) is 0 Å². The van der Waals surface area contributed by atoms with Gasteiger partial charge in [-0.15, -0.1) is 0 Å². The fraction of sp³-hybridized carbons (Fsp3) is 0.636. The summed E-state index contributed by atoms with van der Waals surface area (Å²) in [5.74, 6) is 0.142. The number of anilines is 1. The van der Waals surface area contributed by atoms with E-state index in [1.54, 1.807) is 0 Å². The third-order valence-corrected chi connectivity index (χ3v) is 3.85. The number of nitrogens with two attached hydrogens (primary N) is 1. The van der Waals surface area contributed by atoms with Gasteiger partial charge in [-0.2, -0.15) is 0 Å². The number of rotatable bonds is 4. The largest absolute Gasteiger partial charge is 0.379 e. The highest BCUT2D eigenvalue weighted by Gasteiger charge is 2.16. The minimum Gasteiger partial charge on any atom is -0.379 e. The Hall–Kier alpha value is -0.980. The summed E-state index contributed by atoms with van der Waals surface area (Å²) in [6, 6.07) is 0. The third-order valence-electron chi connectivity index (χ3n) is 2.83. The predicted molar refractivity (Wildman–Crippen MR) is 67.5 cm³/mol. The van der Waals surface area contributed by atoms with Gasteiger partial charge in [0.15, 0.2) is 10.9 Å². The van der Waals surface area contributed by atoms with Crippen molar-refractivity contribution < 1.29 is 9.53 Å². The van der Waals surface area contributed by atoms with Gasteiger partial charge in [-0.3, -0.25) is 9.69 Å². The lowest BCUT2D eigenvalue weighted by atomic mass is 10.2. The summed E-state index contributed by atoms with van der Waals surface area (Å²) in [6.07, 6.45) is 0.530. The highest BCUT2D eigenvalue weighted by molar-refractivity contribution is 7.17. The first-order valence-electron chi connectivity index (χ1n) is 5.73. The summed E-state index contributed by atoms with van der Waals surface area (Å²) >= 11 is 1.28. The Morgan fingerprint density at radius 2 is 2.24 bits per heavy atom. The average Bonchev–Trinajstić information content (AvgIpc) is 2.67. The maximum atomic E-state index is 12.0. The highest BCUT2D eigenvalue weighted by atomic mass is 32.1. The number of nitrogens with zero attached hydrogens (tertiary/aromatic N) is 2. The predicted octanol–water partition coefficient (Wildman–Crippen LogP) is 0.939. The second-order valence-corrected chi connectivity index (χ2v) is 5.12. The molecule has 94 valence electrons. The van der Waals surface area contributed by atoms with Gasteiger partial charge in [-0.25, -0.2) is 4.98 Å². The summed E-state index contributed by atoms with van der Waals surface area (Å²) in [4.78, 5) is 19.0. The smallest absolute Gasteiger partial charge is 0.180 e. The van der Waals surface area contributed by atoms with Crippen LogP contribution >= 0.6 is 11.3 Å². The van der Waals surface area contributed by atoms with E-state index in [0.717, 1.165) is 38.5 Å². The number of ether oxygens (including phenoxy) is 1. The van der Waals surface area contributed by atoms with Crippen molar-refractivity contribution in [3.8, 4) is 0 Å². The van der Waals surface area contributed by atoms with Crippen LogP contribution < -0.4 is 5.73 Å². The number of ketones is 1. The van der Waals surface area contributed by atoms with Gasteiger partial charge in [0.05, 0.1) is 23.8 Å². The van der Waals surface area contributed by atoms with Gasteiger partial charge < -0.3 is 10.5 Å². The topological polar surface area (TPSA) is 68.5 Å². The average molecular weight is 255 g/mol. The van der Waals surface area contributed by atoms with E-state index in [-0.39, 0.29) is 5.78 Å². The molecule has 0 spiro atoms. The Bertz CT molecular complexity index is 399. The van der Waals surface area contributed by atoms with E-state index in [1.165, 1.54) is 11.3 Å². The van der Waals surface area contributed by atoms with E-state index < -0.39 is 0 Å². The van der Waals surface area contributed by atoms with Crippen molar-refractivity contribution in [1.82, 2.24) is 9.88 Å². The zero-order valence-electron chi connectivity index (χ0n) is 9.94. The van der Waals surface area contributed by atoms with Crippen LogP contribution in [0.1, 0.15) is 21.8 Å². The molecule has 1 aliphatic rings. The molecule has 2 heterocycles. The van der Waals surface area contributed by atoms with Crippen LogP contribution in [0.4, 0.5) is 5.13 Å². The van der Waals surface area contributed by atoms with Gasteiger partial charge in [0.2, 0.25) is 0 Å². The summed E-state index contributed by atoms with van der Waals surface area (Å²) in [7, 11) is 0. The first kappa shape index (κ1) is 12.5. The maximum absolute atomic E-state index is 12.0. The fourth-order valence-electron chi connectivity index (χ4n) is 1.87. The van der Waals surface area contributed by atoms with E-state index in [0.29, 0.717) is 16.4 Å². The van der Waals surface area contributed by atoms with Crippen LogP contribution in [0.25, 0.3) is 0 Å². The molecule has 0 aliphatic carbocycles. The quantitative estimate of drug-likeness (QED) is 0.811. The van der Waals surface area contributed by atoms with Gasteiger partial charge in [-0.1, -0.05) is 11.3 Å². The first-order valence-corrected chi connectivity index (χ1v) is 6.54. The molecular weight excluding hydrogens is 238 g/mol. The van der Waals surface area contributed by atoms with Crippen molar-refractivity contribution in [3.63, 3.8) is 0 Å². The summed E-state index contributed by atoms with van der Waals surface area (Å²) in [6.45, 7) is 5.98. The third kappa shape index (κ3) is 3.24. The summed E-state index contributed by atoms with van der Waals surface area (Å²) in [5.41, 5.74) is 6.33. The van der Waals surface area contributed by atoms with Crippen molar-refractivity contribution in [1.29, 1.82) is 0 Å². The Morgan fingerprint density at radius 3 is 2.82 bits per heavy atom. The molecular formula is C11H17N3O2S. The van der Waals surface area contributed by atoms with Crippen LogP contribution in [-0.4, -0.2) is 48.5 Å². The Kier molecular flexibility index (Phi) is 4.09. The molecule has 17 heavy (non-hydrogen) atoms. The van der Waals surface area contributed by atoms with Crippen LogP contribution in [0.5, 0.6) is 0 Å². The number of nitrogen functional groups attached to an aromatic ring is 1. The lowest BCUT2D eigenvalue weighted by Gasteiger charge is -2.26. The van der Waals surface area contributed by atoms with Crippen LogP contribution in [0, 0.1) is 6.92 Å². The fourth-order valence-corrected chi connectivity index (χ4v) is 2.67. The van der Waals surface area contributed by atoms with Gasteiger partial charge in [-0.05, 0) is 6.92 Å². The van der Waals surface area contributed by atoms with Crippen molar-refractivity contribution in [2.24, 2.45) is 0 Å². The molecule has 6 heteroatoms. The molecule has 0 saturated carbocycles. The summed E-state index contributed by atoms with van der Waals surface area (Å²) < 4.78 is 5.26. The molecule has 0 radical (unpaired) electrons. The monoisotopic (exact) mass is 255 g/mol. The minimum atomic E-state index is 0.142. The number of Topliss-reactive ketones (excluding diaryl/α,β-unsaturated/α-hetero) is 1. The molecule has 1 saturated heterocycles. The highest BCUT2D eigenvalue weighted by Crippen LogP contribution is 2.21. The van der Waals surface area contributed by atoms with Crippen LogP contribution in [0.2, 0.25) is 0 Å². The lowest BCUT2D eigenvalue weighted by molar-refractivity contribution is 0.0370. The van der Waals surface area contributed by atoms with Gasteiger partial charge in [0.25, 0.3) is 0 Å². The second-order valence-electron chi connectivity index (χ2n) is 4.09. The normalized spacial score (nSPS) is 17.2. The standard InChI is InChI=1S/C11H17N3O2S/c1-8-10(17-11(12)13-8)9(15)2-3-14-4-6-16-7-5-14/h2-7H2,1H3,(H2,12,13). The molecule has 1 aromatic heterocycles. The Labute approximate surface area is 105 Å².